The Hall–Kier alpha value is -3.73. The quantitative estimate of drug-likeness (QED) is 0.626. The molecule has 4 heterocycles. The zero-order chi connectivity index (χ0) is 23.2. The third kappa shape index (κ3) is 4.19. The van der Waals surface area contributed by atoms with Crippen molar-refractivity contribution >= 4 is 29.3 Å². The number of nitrogens with zero attached hydrogens (tertiary/aromatic N) is 4. The number of likely N-dealkylation sites (tertiary alicyclic amines) is 1. The Morgan fingerprint density at radius 1 is 1.18 bits per heavy atom. The van der Waals surface area contributed by atoms with Crippen LogP contribution < -0.4 is 10.6 Å². The van der Waals surface area contributed by atoms with Crippen LogP contribution in [0.1, 0.15) is 13.8 Å². The van der Waals surface area contributed by atoms with Crippen molar-refractivity contribution in [3.8, 4) is 11.3 Å². The lowest BCUT2D eigenvalue weighted by atomic mass is 9.78. The third-order valence-electron chi connectivity index (χ3n) is 5.55. The molecule has 2 aromatic heterocycles. The maximum Gasteiger partial charge on any atom is 0.411 e. The molecule has 2 aliphatic heterocycles. The van der Waals surface area contributed by atoms with E-state index >= 15 is 0 Å². The average Bonchev–Trinajstić information content (AvgIpc) is 3.09. The zero-order valence-electron chi connectivity index (χ0n) is 18.2. The minimum Gasteiger partial charge on any atom is -0.447 e. The summed E-state index contributed by atoms with van der Waals surface area (Å²) in [5.74, 6) is -0.153. The van der Waals surface area contributed by atoms with E-state index in [-0.39, 0.29) is 23.1 Å². The van der Waals surface area contributed by atoms with Crippen LogP contribution in [0.25, 0.3) is 17.0 Å². The highest BCUT2D eigenvalue weighted by Gasteiger charge is 2.50. The lowest BCUT2D eigenvalue weighted by Gasteiger charge is -2.54. The molecule has 33 heavy (non-hydrogen) atoms. The molecule has 2 saturated heterocycles. The Morgan fingerprint density at radius 2 is 1.97 bits per heavy atom. The van der Waals surface area contributed by atoms with Gasteiger partial charge < -0.3 is 19.7 Å². The van der Waals surface area contributed by atoms with Crippen LogP contribution >= 0.6 is 0 Å². The number of rotatable bonds is 4. The first kappa shape index (κ1) is 21.1. The molecule has 0 bridgehead atoms. The molecule has 1 spiro atoms. The van der Waals surface area contributed by atoms with E-state index < -0.39 is 11.9 Å². The summed E-state index contributed by atoms with van der Waals surface area (Å²) in [6, 6.07) is 4.10. The number of hydrogen-bond donors (Lipinski definition) is 2. The van der Waals surface area contributed by atoms with Gasteiger partial charge in [0, 0.05) is 36.7 Å². The van der Waals surface area contributed by atoms with Gasteiger partial charge in [0.2, 0.25) is 5.78 Å². The summed E-state index contributed by atoms with van der Waals surface area (Å²) in [6.45, 7) is 6.19. The summed E-state index contributed by atoms with van der Waals surface area (Å²) in [6.07, 6.45) is 3.79. The number of ether oxygens (including phenoxy) is 2. The van der Waals surface area contributed by atoms with E-state index in [0.29, 0.717) is 49.1 Å². The Kier molecular flexibility index (Phi) is 5.12. The molecule has 0 saturated carbocycles. The van der Waals surface area contributed by atoms with Gasteiger partial charge in [-0.1, -0.05) is 0 Å². The zero-order valence-corrected chi connectivity index (χ0v) is 18.2. The van der Waals surface area contributed by atoms with Crippen molar-refractivity contribution in [2.45, 2.75) is 20.0 Å². The molecule has 0 atom stereocenters. The second-order valence-corrected chi connectivity index (χ2v) is 8.73. The highest BCUT2D eigenvalue weighted by atomic mass is 19.1. The first-order chi connectivity index (χ1) is 15.8. The van der Waals surface area contributed by atoms with Gasteiger partial charge in [-0.25, -0.2) is 23.9 Å². The van der Waals surface area contributed by atoms with E-state index in [4.69, 9.17) is 9.47 Å². The number of hydrogen-bond acceptors (Lipinski definition) is 6. The fourth-order valence-corrected chi connectivity index (χ4v) is 3.92. The standard InChI is InChI=1S/C22H23FN6O4/c1-13(2)33-21(31)26-15-6-24-19-27-18(8-28(19)7-15)16-5-14(3-4-17(16)23)25-20(30)29-9-22(10-29)11-32-12-22/h3-8,13H,9-12H2,1-2H3,(H,25,30)(H,26,31). The summed E-state index contributed by atoms with van der Waals surface area (Å²) in [5, 5.41) is 5.40. The summed E-state index contributed by atoms with van der Waals surface area (Å²) in [7, 11) is 0. The Morgan fingerprint density at radius 3 is 2.67 bits per heavy atom. The van der Waals surface area contributed by atoms with Gasteiger partial charge in [-0.05, 0) is 32.0 Å². The summed E-state index contributed by atoms with van der Waals surface area (Å²) >= 11 is 0. The van der Waals surface area contributed by atoms with Crippen molar-refractivity contribution in [1.29, 1.82) is 0 Å². The lowest BCUT2D eigenvalue weighted by molar-refractivity contribution is -0.174. The molecule has 0 unspecified atom stereocenters. The van der Waals surface area contributed by atoms with Gasteiger partial charge in [0.25, 0.3) is 0 Å². The molecule has 3 aromatic rings. The molecule has 0 radical (unpaired) electrons. The van der Waals surface area contributed by atoms with E-state index in [2.05, 4.69) is 20.6 Å². The first-order valence-electron chi connectivity index (χ1n) is 10.6. The average molecular weight is 454 g/mol. The van der Waals surface area contributed by atoms with Crippen LogP contribution in [-0.4, -0.2) is 63.8 Å². The van der Waals surface area contributed by atoms with Crippen LogP contribution in [0.2, 0.25) is 0 Å². The minimum absolute atomic E-state index is 0.119. The predicted octanol–water partition coefficient (Wildman–Crippen LogP) is 3.36. The fraction of sp³-hybridized carbons (Fsp3) is 0.364. The van der Waals surface area contributed by atoms with Crippen LogP contribution in [0.3, 0.4) is 0 Å². The second kappa shape index (κ2) is 8.00. The fourth-order valence-electron chi connectivity index (χ4n) is 3.92. The number of benzene rings is 1. The summed E-state index contributed by atoms with van der Waals surface area (Å²) < 4.78 is 26.5. The SMILES string of the molecule is CC(C)OC(=O)Nc1cnc2nc(-c3cc(NC(=O)N4CC5(COC5)C4)ccc3F)cn2c1. The summed E-state index contributed by atoms with van der Waals surface area (Å²) in [4.78, 5) is 34.6. The maximum atomic E-state index is 14.6. The maximum absolute atomic E-state index is 14.6. The molecule has 3 amide bonds. The first-order valence-corrected chi connectivity index (χ1v) is 10.6. The second-order valence-electron chi connectivity index (χ2n) is 8.73. The predicted molar refractivity (Wildman–Crippen MR) is 117 cm³/mol. The van der Waals surface area contributed by atoms with Crippen molar-refractivity contribution in [1.82, 2.24) is 19.3 Å². The normalized spacial score (nSPS) is 16.4. The third-order valence-corrected chi connectivity index (χ3v) is 5.55. The highest BCUT2D eigenvalue weighted by molar-refractivity contribution is 5.91. The number of urea groups is 1. The van der Waals surface area contributed by atoms with E-state index in [1.54, 1.807) is 35.5 Å². The molecule has 2 N–H and O–H groups in total. The monoisotopic (exact) mass is 454 g/mol. The number of amides is 3. The van der Waals surface area contributed by atoms with E-state index in [1.807, 2.05) is 0 Å². The lowest BCUT2D eigenvalue weighted by Crippen LogP contribution is -2.67. The number of carbonyl (C=O) groups excluding carboxylic acids is 2. The Labute approximate surface area is 188 Å². The van der Waals surface area contributed by atoms with E-state index in [9.17, 15) is 14.0 Å². The molecule has 11 heteroatoms. The molecule has 2 aliphatic rings. The van der Waals surface area contributed by atoms with Gasteiger partial charge in [-0.2, -0.15) is 0 Å². The minimum atomic E-state index is -0.598. The number of aromatic nitrogens is 3. The number of nitrogens with one attached hydrogen (secondary N) is 2. The van der Waals surface area contributed by atoms with Crippen molar-refractivity contribution in [2.75, 3.05) is 36.9 Å². The molecular formula is C22H23FN6O4. The van der Waals surface area contributed by atoms with Crippen LogP contribution in [0, 0.1) is 11.2 Å². The van der Waals surface area contributed by atoms with E-state index in [0.717, 1.165) is 0 Å². The topological polar surface area (TPSA) is 110 Å². The Bertz CT molecular complexity index is 1230. The number of anilines is 2. The van der Waals surface area contributed by atoms with Crippen molar-refractivity contribution in [3.63, 3.8) is 0 Å². The van der Waals surface area contributed by atoms with Crippen LogP contribution in [0.5, 0.6) is 0 Å². The number of carbonyl (C=O) groups is 2. The van der Waals surface area contributed by atoms with Gasteiger partial charge in [0.15, 0.2) is 0 Å². The van der Waals surface area contributed by atoms with Crippen LogP contribution in [-0.2, 0) is 9.47 Å². The smallest absolute Gasteiger partial charge is 0.411 e. The van der Waals surface area contributed by atoms with E-state index in [1.165, 1.54) is 24.4 Å². The molecule has 10 nitrogen and oxygen atoms in total. The van der Waals surface area contributed by atoms with Crippen molar-refractivity contribution in [2.24, 2.45) is 5.41 Å². The van der Waals surface area contributed by atoms with Gasteiger partial charge in [0.05, 0.1) is 42.3 Å². The largest absolute Gasteiger partial charge is 0.447 e. The molecule has 5 rings (SSSR count). The molecule has 172 valence electrons. The Balaban J connectivity index is 1.32. The van der Waals surface area contributed by atoms with Crippen LogP contribution in [0.15, 0.2) is 36.8 Å². The summed E-state index contributed by atoms with van der Waals surface area (Å²) in [5.41, 5.74) is 1.55. The number of halogens is 1. The number of imidazole rings is 1. The molecule has 1 aromatic carbocycles. The molecular weight excluding hydrogens is 431 g/mol. The van der Waals surface area contributed by atoms with Gasteiger partial charge in [-0.15, -0.1) is 0 Å². The number of fused-ring (bicyclic) bond motifs is 1. The molecule has 2 fully saturated rings. The van der Waals surface area contributed by atoms with Gasteiger partial charge >= 0.3 is 12.1 Å². The molecule has 0 aliphatic carbocycles. The van der Waals surface area contributed by atoms with Crippen LogP contribution in [0.4, 0.5) is 25.4 Å². The van der Waals surface area contributed by atoms with Crippen molar-refractivity contribution in [3.05, 3.63) is 42.6 Å². The van der Waals surface area contributed by atoms with Gasteiger partial charge in [-0.3, -0.25) is 9.72 Å². The van der Waals surface area contributed by atoms with Gasteiger partial charge in [0.1, 0.15) is 5.82 Å². The van der Waals surface area contributed by atoms with Crippen molar-refractivity contribution < 1.29 is 23.5 Å². The highest BCUT2D eigenvalue weighted by Crippen LogP contribution is 2.37.